The van der Waals surface area contributed by atoms with Gasteiger partial charge < -0.3 is 24.3 Å². The first kappa shape index (κ1) is 54.6. The minimum atomic E-state index is -0.0472. The fraction of sp³-hybridized carbons (Fsp3) is 0.162. The van der Waals surface area contributed by atoms with Gasteiger partial charge in [0.05, 0.1) is 51.4 Å². The van der Waals surface area contributed by atoms with E-state index in [1.54, 1.807) is 6.20 Å². The molecule has 86 heavy (non-hydrogen) atoms. The van der Waals surface area contributed by atoms with Crippen LogP contribution in [0.1, 0.15) is 75.2 Å². The molecule has 0 saturated carbocycles. The number of ether oxygens (including phenoxy) is 1. The van der Waals surface area contributed by atoms with Crippen molar-refractivity contribution in [3.05, 3.63) is 236 Å². The minimum Gasteiger partial charge on any atom is -0.490 e. The van der Waals surface area contributed by atoms with Crippen molar-refractivity contribution in [2.45, 2.75) is 13.8 Å². The van der Waals surface area contributed by atoms with Crippen molar-refractivity contribution < 1.29 is 19.1 Å². The normalized spacial score (nSPS) is 15.8. The molecule has 2 aromatic heterocycles. The zero-order chi connectivity index (χ0) is 59.7. The van der Waals surface area contributed by atoms with Gasteiger partial charge in [-0.2, -0.15) is 5.10 Å². The molecule has 0 bridgehead atoms. The average Bonchev–Trinajstić information content (AvgIpc) is 1.60. The van der Waals surface area contributed by atoms with E-state index >= 15 is 0 Å². The molecule has 3 aliphatic carbocycles. The molecular formula is C68H57N13O4S. The number of carbonyl (C=O) groups excluding carboxylic acids is 3. The van der Waals surface area contributed by atoms with Gasteiger partial charge in [0.1, 0.15) is 51.6 Å². The van der Waals surface area contributed by atoms with Gasteiger partial charge in [0, 0.05) is 99.5 Å². The Morgan fingerprint density at radius 1 is 0.488 bits per heavy atom. The number of hydrogen-bond acceptors (Lipinski definition) is 17. The van der Waals surface area contributed by atoms with E-state index in [2.05, 4.69) is 10.00 Å². The van der Waals surface area contributed by atoms with Gasteiger partial charge in [-0.1, -0.05) is 127 Å². The van der Waals surface area contributed by atoms with Crippen molar-refractivity contribution in [2.24, 2.45) is 30.0 Å². The predicted molar refractivity (Wildman–Crippen MR) is 342 cm³/mol. The lowest BCUT2D eigenvalue weighted by molar-refractivity contribution is 0.104. The lowest BCUT2D eigenvalue weighted by Crippen LogP contribution is -2.28. The fourth-order valence-electron chi connectivity index (χ4n) is 11.1. The highest BCUT2D eigenvalue weighted by atomic mass is 32.1. The number of nitrogens with zero attached hydrogens (tertiary/aromatic N) is 13. The van der Waals surface area contributed by atoms with E-state index in [1.807, 2.05) is 234 Å². The maximum absolute atomic E-state index is 13.5. The summed E-state index contributed by atoms with van der Waals surface area (Å²) in [6, 6.07) is 48.6. The van der Waals surface area contributed by atoms with Crippen molar-refractivity contribution in [3.8, 4) is 22.0 Å². The molecule has 8 aromatic rings. The van der Waals surface area contributed by atoms with Gasteiger partial charge in [0.15, 0.2) is 17.3 Å². The number of ketones is 3. The van der Waals surface area contributed by atoms with Gasteiger partial charge in [-0.15, -0.1) is 11.3 Å². The smallest absolute Gasteiger partial charge is 0.226 e. The Morgan fingerprint density at radius 2 is 0.942 bits per heavy atom. The van der Waals surface area contributed by atoms with Crippen molar-refractivity contribution in [2.75, 3.05) is 67.4 Å². The third kappa shape index (κ3) is 9.39. The fourth-order valence-corrected chi connectivity index (χ4v) is 12.2. The van der Waals surface area contributed by atoms with Crippen LogP contribution in [0.2, 0.25) is 0 Å². The second-order valence-electron chi connectivity index (χ2n) is 21.7. The third-order valence-corrected chi connectivity index (χ3v) is 16.7. The maximum Gasteiger partial charge on any atom is 0.226 e. The molecule has 6 heterocycles. The van der Waals surface area contributed by atoms with Crippen LogP contribution in [0.4, 0.5) is 5.69 Å². The molecule has 0 fully saturated rings. The number of thiazole rings is 1. The molecule has 424 valence electrons. The number of anilines is 1. The van der Waals surface area contributed by atoms with Crippen molar-refractivity contribution in [1.82, 2.24) is 29.5 Å². The summed E-state index contributed by atoms with van der Waals surface area (Å²) in [7, 11) is 13.4. The van der Waals surface area contributed by atoms with Gasteiger partial charge in [-0.3, -0.25) is 14.4 Å². The molecule has 6 aromatic carbocycles. The van der Waals surface area contributed by atoms with Crippen LogP contribution in [-0.2, 0) is 0 Å². The molecular weight excluding hydrogens is 1090 g/mol. The van der Waals surface area contributed by atoms with E-state index in [0.717, 1.165) is 95.5 Å². The number of guanidine groups is 3. The molecule has 0 radical (unpaired) electrons. The van der Waals surface area contributed by atoms with Crippen molar-refractivity contribution >= 4 is 86.1 Å². The predicted octanol–water partition coefficient (Wildman–Crippen LogP) is 10.8. The summed E-state index contributed by atoms with van der Waals surface area (Å²) in [4.78, 5) is 82.0. The zero-order valence-corrected chi connectivity index (χ0v) is 49.6. The highest BCUT2D eigenvalue weighted by Crippen LogP contribution is 2.43. The number of carbonyl (C=O) groups is 3. The molecule has 0 atom stereocenters. The molecule has 0 unspecified atom stereocenters. The highest BCUT2D eigenvalue weighted by molar-refractivity contribution is 7.16. The number of fused-ring (bicyclic) bond motifs is 10. The molecule has 7 aliphatic rings. The standard InChI is InChI=1S/C23H19N5O.C23H18N4OS.C22H20N4O2/c1-14-18(13-24-28(14)15-9-5-4-6-10-15)19-21-20(25-23(26-21)27(2)3)16-11-7-8-12-17(16)22(19)29;1-13-21(29-22(24-13)14-9-5-4-6-10-14)17-19-18(25-23(26-19)27(2)3)15-11-7-8-12-16(15)20(17)28;1-25(2)22-23-19-14-6-4-5-7-15(14)21(27)18(20(19)24-22)13-8-9-16-17(12-13)28-11-10-26(16)3/h4-13H,1-3H3;4-12H,1-3H3;4-9,12H,10-11H2,1-3H3. The molecule has 17 nitrogen and oxygen atoms in total. The van der Waals surface area contributed by atoms with Crippen LogP contribution in [0.3, 0.4) is 0 Å². The summed E-state index contributed by atoms with van der Waals surface area (Å²) in [6.45, 7) is 5.39. The number of hydrogen-bond donors (Lipinski definition) is 0. The lowest BCUT2D eigenvalue weighted by atomic mass is 9.84. The quantitative estimate of drug-likeness (QED) is 0.161. The highest BCUT2D eigenvalue weighted by Gasteiger charge is 2.39. The number of allylic oxidation sites excluding steroid dienone is 6. The number of rotatable bonds is 5. The van der Waals surface area contributed by atoms with Crippen LogP contribution in [0, 0.1) is 13.8 Å². The van der Waals surface area contributed by atoms with Crippen LogP contribution in [0.25, 0.3) is 33.0 Å². The van der Waals surface area contributed by atoms with E-state index in [-0.39, 0.29) is 17.3 Å². The minimum absolute atomic E-state index is 0.0235. The Kier molecular flexibility index (Phi) is 13.9. The Bertz CT molecular complexity index is 4400. The molecule has 4 aliphatic heterocycles. The summed E-state index contributed by atoms with van der Waals surface area (Å²) in [6.07, 6.45) is 1.75. The molecule has 0 saturated heterocycles. The van der Waals surface area contributed by atoms with Crippen LogP contribution >= 0.6 is 11.3 Å². The van der Waals surface area contributed by atoms with Gasteiger partial charge in [-0.05, 0) is 43.7 Å². The first-order valence-corrected chi connectivity index (χ1v) is 28.8. The topological polar surface area (TPSA) is 178 Å². The monoisotopic (exact) mass is 1150 g/mol. The second-order valence-corrected chi connectivity index (χ2v) is 22.7. The van der Waals surface area contributed by atoms with E-state index in [1.165, 1.54) is 11.3 Å². The Balaban J connectivity index is 0.000000120. The van der Waals surface area contributed by atoms with Gasteiger partial charge in [0.2, 0.25) is 17.9 Å². The van der Waals surface area contributed by atoms with Gasteiger partial charge >= 0.3 is 0 Å². The summed E-state index contributed by atoms with van der Waals surface area (Å²) in [5.74, 6) is 2.48. The Morgan fingerprint density at radius 3 is 1.47 bits per heavy atom. The number of benzene rings is 6. The summed E-state index contributed by atoms with van der Waals surface area (Å²) in [5.41, 5.74) is 16.7. The van der Waals surface area contributed by atoms with E-state index < -0.39 is 0 Å². The average molecular weight is 1150 g/mol. The van der Waals surface area contributed by atoms with Crippen molar-refractivity contribution in [1.29, 1.82) is 0 Å². The van der Waals surface area contributed by atoms with Crippen LogP contribution in [0.15, 0.2) is 205 Å². The molecule has 0 spiro atoms. The number of aliphatic imine (C=N–C) groups is 6. The number of para-hydroxylation sites is 1. The van der Waals surface area contributed by atoms with Crippen LogP contribution < -0.4 is 9.64 Å². The van der Waals surface area contributed by atoms with E-state index in [9.17, 15) is 14.4 Å². The number of likely N-dealkylation sites (N-methyl/N-ethyl adjacent to an activating group) is 1. The van der Waals surface area contributed by atoms with E-state index in [4.69, 9.17) is 39.7 Å². The molecule has 0 amide bonds. The zero-order valence-electron chi connectivity index (χ0n) is 48.8. The van der Waals surface area contributed by atoms with Crippen molar-refractivity contribution in [3.63, 3.8) is 0 Å². The lowest BCUT2D eigenvalue weighted by Gasteiger charge is -2.28. The maximum atomic E-state index is 13.5. The number of aromatic nitrogens is 3. The SMILES string of the molecule is CN(C)C1=NC2=C(c3ccc4c(c3)OCCN4C)C(=O)c3ccccc3C2=N1.Cc1c(C2=C3N=C(N(C)C)N=C3c3ccccc3C2=O)cnn1-c1ccccc1.Cc1nc(-c2ccccc2)sc1C1=C2N=C(N(C)C)N=C2c2ccccc2C1=O. The number of Topliss-reactive ketones (excluding diaryl/α,β-unsaturated/α-hetero) is 3. The van der Waals surface area contributed by atoms with Gasteiger partial charge in [-0.25, -0.2) is 39.6 Å². The summed E-state index contributed by atoms with van der Waals surface area (Å²) < 4.78 is 7.70. The summed E-state index contributed by atoms with van der Waals surface area (Å²) >= 11 is 1.53. The van der Waals surface area contributed by atoms with Crippen LogP contribution in [0.5, 0.6) is 5.75 Å². The largest absolute Gasteiger partial charge is 0.490 e. The third-order valence-electron chi connectivity index (χ3n) is 15.5. The Hall–Kier alpha value is -10.6. The van der Waals surface area contributed by atoms with Crippen LogP contribution in [-0.4, -0.2) is 144 Å². The molecule has 18 heteroatoms. The van der Waals surface area contributed by atoms with E-state index in [0.29, 0.717) is 75.0 Å². The Labute approximate surface area is 501 Å². The number of aryl methyl sites for hydroxylation is 1. The second kappa shape index (κ2) is 21.9. The first-order valence-electron chi connectivity index (χ1n) is 28.0. The first-order chi connectivity index (χ1) is 41.6. The summed E-state index contributed by atoms with van der Waals surface area (Å²) in [5, 5.41) is 5.45. The molecule has 15 rings (SSSR count). The molecule has 0 N–H and O–H groups in total. The van der Waals surface area contributed by atoms with Gasteiger partial charge in [0.25, 0.3) is 0 Å².